The summed E-state index contributed by atoms with van der Waals surface area (Å²) in [5.74, 6) is -3.20. The van der Waals surface area contributed by atoms with Gasteiger partial charge >= 0.3 is 53.5 Å². The molecule has 0 aromatic heterocycles. The van der Waals surface area contributed by atoms with Crippen molar-refractivity contribution < 1.29 is 102 Å². The van der Waals surface area contributed by atoms with Gasteiger partial charge in [-0.15, -0.1) is 0 Å². The fourth-order valence-electron chi connectivity index (χ4n) is 6.94. The molecule has 0 saturated carbocycles. The van der Waals surface area contributed by atoms with Gasteiger partial charge in [-0.25, -0.2) is 24.2 Å². The number of nitrogens with one attached hydrogen (secondary N) is 6. The number of aliphatic hydroxyl groups is 2. The molecule has 0 radical (unpaired) electrons. The van der Waals surface area contributed by atoms with E-state index in [1.165, 1.54) is 33.1 Å². The molecule has 3 unspecified atom stereocenters. The van der Waals surface area contributed by atoms with Crippen molar-refractivity contribution in [2.45, 2.75) is 221 Å². The van der Waals surface area contributed by atoms with Crippen LogP contribution in [0.3, 0.4) is 0 Å². The van der Waals surface area contributed by atoms with Crippen LogP contribution in [0.1, 0.15) is 161 Å². The van der Waals surface area contributed by atoms with E-state index in [-0.39, 0.29) is 94.2 Å². The third-order valence-electron chi connectivity index (χ3n) is 11.5. The molecule has 0 spiro atoms. The van der Waals surface area contributed by atoms with E-state index in [4.69, 9.17) is 51.0 Å². The van der Waals surface area contributed by atoms with Crippen LogP contribution in [0.4, 0.5) is 0 Å². The minimum absolute atomic E-state index is 0. The molecule has 11 atom stereocenters. The molecule has 92 heavy (non-hydrogen) atoms. The average molecular weight is 1330 g/mol. The summed E-state index contributed by atoms with van der Waals surface area (Å²) in [6, 6.07) is -1.57. The largest absolute Gasteiger partial charge is 0.480 e. The van der Waals surface area contributed by atoms with Crippen molar-refractivity contribution in [3.63, 3.8) is 0 Å². The molecule has 31 nitrogen and oxygen atoms in total. The number of carboxylic acids is 2. The summed E-state index contributed by atoms with van der Waals surface area (Å²) in [5.41, 5.74) is 24.7. The van der Waals surface area contributed by atoms with E-state index < -0.39 is 66.2 Å². The molecule has 1 aliphatic rings. The van der Waals surface area contributed by atoms with Crippen molar-refractivity contribution in [1.29, 1.82) is 0 Å². The molecule has 548 valence electrons. The van der Waals surface area contributed by atoms with Crippen LogP contribution < -0.4 is 31.9 Å². The van der Waals surface area contributed by atoms with Gasteiger partial charge in [0.15, 0.2) is 6.10 Å². The second kappa shape index (κ2) is 73.7. The van der Waals surface area contributed by atoms with Gasteiger partial charge in [0.1, 0.15) is 24.5 Å². The number of aliphatic carboxylic acids is 2. The molecule has 10 N–H and O–H groups in total. The lowest BCUT2D eigenvalue weighted by atomic mass is 9.88. The number of amides is 1. The zero-order valence-electron chi connectivity index (χ0n) is 58.8. The zero-order valence-corrected chi connectivity index (χ0v) is 58.8. The molecule has 0 bridgehead atoms. The standard InChI is InChI=1S/C11H21N3O2.C9H17NO4.C8H18N2O2.C6H13NO2.C6H13NO.C5H8N2O2.C5H11NO3.C4H6N2O2.2C2H6.3CH4/c1-6-16-11(15)10(14-12)8(4)9(13-5)7(2)3;1-4-13-9(12)8-7(11)6(10-3)5(2)14-8;1-6(2)7(9-3)8(11)10(4)12-5;1-4(2)5(7-3)6(8)9;1-5(2)6(4-8)7-3;1-3-9-5(8)4(2)7-6;1-3(7)4(6-2)5(8)9;1-2-8-4(7)3-6-5;2*1-2;;;/h7-9,13H,6H2,1-5H3;5-8,10-11H,4H2,1-3H3;6-7,9H,1-5H3;4-5,7H,1-3H3,(H,8,9);4-7H,1-3H3;3H2,1-2H3;3-4,6-7H,1-2H3,(H,8,9);3H,2H2,1H3;2*1-2H3;3*1H4/t8?,9-;5?,6-,7-,8+;7-;5-;6-;;3?,4-;;;;;;/m00001.0....../s1. The van der Waals surface area contributed by atoms with Crippen molar-refractivity contribution in [3.8, 4) is 0 Å². The van der Waals surface area contributed by atoms with Gasteiger partial charge in [0.25, 0.3) is 5.91 Å². The Bertz CT molecular complexity index is 1990. The third kappa shape index (κ3) is 56.5. The first-order valence-corrected chi connectivity index (χ1v) is 29.6. The molecule has 1 fully saturated rings. The average Bonchev–Trinajstić information content (AvgIpc) is 1.69. The minimum atomic E-state index is -1.03. The lowest BCUT2D eigenvalue weighted by Crippen LogP contribution is -2.46. The number of rotatable bonds is 26. The number of likely N-dealkylation sites (N-methyl/N-ethyl adjacent to an activating group) is 6. The minimum Gasteiger partial charge on any atom is -0.480 e. The Morgan fingerprint density at radius 1 is 0.620 bits per heavy atom. The van der Waals surface area contributed by atoms with Crippen LogP contribution in [0.15, 0.2) is 0 Å². The number of carbonyl (C=O) groups is 8. The van der Waals surface area contributed by atoms with Crippen LogP contribution in [-0.4, -0.2) is 249 Å². The second-order valence-corrected chi connectivity index (χ2v) is 19.2. The fourth-order valence-corrected chi connectivity index (χ4v) is 6.94. The Kier molecular flexibility index (Phi) is 90.7. The predicted octanol–water partition coefficient (Wildman–Crippen LogP) is 4.47. The molecular formula is C61H131N13O18. The van der Waals surface area contributed by atoms with E-state index in [9.17, 15) is 43.5 Å². The van der Waals surface area contributed by atoms with Crippen molar-refractivity contribution in [3.05, 3.63) is 16.6 Å². The quantitative estimate of drug-likeness (QED) is 0.0109. The van der Waals surface area contributed by atoms with Crippen molar-refractivity contribution in [2.75, 3.05) is 82.9 Å². The number of esters is 4. The van der Waals surface area contributed by atoms with Gasteiger partial charge in [-0.05, 0) is 114 Å². The first kappa shape index (κ1) is 113. The SMILES string of the molecule is C.C.C.CC.CC.CCOC(=O)C(=[N+]=[N-])C(C)[C@@H](NC)C(C)C.CCOC(=O)C(C)=[N+]=[N-].CCOC(=O)C=[N+]=[N-].CCOC(=O)[C@@H]1OC(C)[C@H](NC)[C@@H]1O.CN[C@H](C(=O)N(C)OC)C(C)C.CN[C@H](C(=O)O)C(C)C.CN[C@H](C(=O)O)C(C)O.CN[C@H](C=O)C(C)C. The molecule has 1 aliphatic heterocycles. The molecule has 31 heteroatoms. The van der Waals surface area contributed by atoms with Crippen molar-refractivity contribution in [2.24, 2.45) is 29.6 Å². The molecule has 0 aromatic carbocycles. The number of hydrogen-bond donors (Lipinski definition) is 10. The maximum Gasteiger partial charge on any atom is 0.417 e. The maximum atomic E-state index is 11.5. The lowest BCUT2D eigenvalue weighted by molar-refractivity contribution is -0.172. The van der Waals surface area contributed by atoms with Gasteiger partial charge in [0.05, 0.1) is 69.8 Å². The molecule has 0 aliphatic carbocycles. The van der Waals surface area contributed by atoms with Gasteiger partial charge in [0, 0.05) is 20.0 Å². The van der Waals surface area contributed by atoms with Crippen LogP contribution in [0.25, 0.3) is 16.6 Å². The number of hydroxylamine groups is 2. The normalized spacial score (nSPS) is 15.5. The first-order chi connectivity index (χ1) is 41.6. The molecule has 1 saturated heterocycles. The van der Waals surface area contributed by atoms with Crippen LogP contribution in [0, 0.1) is 29.6 Å². The number of ether oxygens (including phenoxy) is 5. The van der Waals surface area contributed by atoms with E-state index in [1.807, 2.05) is 104 Å². The number of aliphatic hydroxyl groups excluding tert-OH is 2. The maximum absolute atomic E-state index is 11.5. The van der Waals surface area contributed by atoms with E-state index in [0.717, 1.165) is 6.29 Å². The van der Waals surface area contributed by atoms with E-state index in [0.29, 0.717) is 37.9 Å². The Balaban J connectivity index is -0.0000000794. The van der Waals surface area contributed by atoms with Crippen molar-refractivity contribution >= 4 is 65.6 Å². The summed E-state index contributed by atoms with van der Waals surface area (Å²) in [6.07, 6.45) is -1.11. The second-order valence-electron chi connectivity index (χ2n) is 19.2. The van der Waals surface area contributed by atoms with Crippen LogP contribution >= 0.6 is 0 Å². The topological polar surface area (TPSA) is 457 Å². The number of hydrogen-bond acceptors (Lipinski definition) is 22. The summed E-state index contributed by atoms with van der Waals surface area (Å²) in [5, 5.41) is 53.5. The Morgan fingerprint density at radius 3 is 1.25 bits per heavy atom. The lowest BCUT2D eigenvalue weighted by Gasteiger charge is -2.23. The van der Waals surface area contributed by atoms with E-state index >= 15 is 0 Å². The van der Waals surface area contributed by atoms with Gasteiger partial charge in [-0.2, -0.15) is 14.4 Å². The first-order valence-electron chi connectivity index (χ1n) is 29.6. The molecular weight excluding hydrogens is 1200 g/mol. The number of aldehydes is 1. The van der Waals surface area contributed by atoms with Gasteiger partial charge in [-0.3, -0.25) is 19.2 Å². The van der Waals surface area contributed by atoms with Gasteiger partial charge in [0.2, 0.25) is 0 Å². The zero-order chi connectivity index (χ0) is 72.3. The Morgan fingerprint density at radius 2 is 1.03 bits per heavy atom. The Hall–Kier alpha value is -6.30. The van der Waals surface area contributed by atoms with E-state index in [1.54, 1.807) is 62.9 Å². The Labute approximate surface area is 553 Å². The number of carbonyl (C=O) groups excluding carboxylic acids is 6. The van der Waals surface area contributed by atoms with Gasteiger partial charge in [-0.1, -0.05) is 105 Å². The number of nitrogens with zero attached hydrogens (tertiary/aromatic N) is 7. The number of carboxylic acid groups (broad SMARTS) is 2. The highest BCUT2D eigenvalue weighted by atomic mass is 16.7. The summed E-state index contributed by atoms with van der Waals surface area (Å²) >= 11 is 0. The summed E-state index contributed by atoms with van der Waals surface area (Å²) in [6.45, 7) is 38.2. The van der Waals surface area contributed by atoms with Crippen LogP contribution in [0.5, 0.6) is 0 Å². The predicted molar refractivity (Wildman–Crippen MR) is 361 cm³/mol. The van der Waals surface area contributed by atoms with Crippen LogP contribution in [0.2, 0.25) is 0 Å². The monoisotopic (exact) mass is 1330 g/mol. The summed E-state index contributed by atoms with van der Waals surface area (Å²) < 4.78 is 23.7. The van der Waals surface area contributed by atoms with E-state index in [2.05, 4.69) is 55.7 Å². The summed E-state index contributed by atoms with van der Waals surface area (Å²) in [7, 11) is 13.3. The van der Waals surface area contributed by atoms with Gasteiger partial charge < -0.3 is 97.4 Å². The molecule has 1 heterocycles. The highest BCUT2D eigenvalue weighted by Crippen LogP contribution is 2.22. The third-order valence-corrected chi connectivity index (χ3v) is 11.5. The highest BCUT2D eigenvalue weighted by Gasteiger charge is 2.45. The summed E-state index contributed by atoms with van der Waals surface area (Å²) in [4.78, 5) is 98.4. The highest BCUT2D eigenvalue weighted by molar-refractivity contribution is 6.34. The van der Waals surface area contributed by atoms with Crippen LogP contribution in [-0.2, 0) is 66.9 Å². The van der Waals surface area contributed by atoms with Crippen molar-refractivity contribution in [1.82, 2.24) is 37.0 Å². The molecule has 0 aromatic rings. The molecule has 1 rings (SSSR count). The fraction of sp³-hybridized carbons (Fsp3) is 0.820. The molecule has 1 amide bonds. The smallest absolute Gasteiger partial charge is 0.417 e.